The molecule has 4 atom stereocenters. The summed E-state index contributed by atoms with van der Waals surface area (Å²) in [5.74, 6) is -0.0851. The lowest BCUT2D eigenvalue weighted by atomic mass is 10.2. The number of nitrogens with one attached hydrogen (secondary N) is 2. The molecule has 2 aliphatic rings. The SMILES string of the molecule is CN1CC(O)NC1C(=O)C1NC(O)CN1C. The van der Waals surface area contributed by atoms with Gasteiger partial charge in [0.15, 0.2) is 5.78 Å². The minimum absolute atomic E-state index is 0.0851. The molecule has 0 radical (unpaired) electrons. The van der Waals surface area contributed by atoms with Gasteiger partial charge in [0.25, 0.3) is 0 Å². The lowest BCUT2D eigenvalue weighted by molar-refractivity contribution is -0.128. The summed E-state index contributed by atoms with van der Waals surface area (Å²) in [6, 6.07) is 0. The molecule has 0 aromatic rings. The normalized spacial score (nSPS) is 41.8. The Morgan fingerprint density at radius 2 is 1.44 bits per heavy atom. The molecule has 2 heterocycles. The highest BCUT2D eigenvalue weighted by Gasteiger charge is 2.41. The van der Waals surface area contributed by atoms with Gasteiger partial charge in [0.1, 0.15) is 24.8 Å². The quantitative estimate of drug-likeness (QED) is 0.400. The largest absolute Gasteiger partial charge is 0.377 e. The number of carbonyl (C=O) groups is 1. The number of nitrogens with zero attached hydrogens (tertiary/aromatic N) is 2. The smallest absolute Gasteiger partial charge is 0.196 e. The number of Topliss-reactive ketones (excluding diaryl/α,β-unsaturated/α-hetero) is 1. The number of aliphatic hydroxyl groups excluding tert-OH is 2. The zero-order valence-electron chi connectivity index (χ0n) is 9.42. The molecule has 2 aliphatic heterocycles. The fourth-order valence-corrected chi connectivity index (χ4v) is 2.23. The number of hydrogen-bond acceptors (Lipinski definition) is 7. The maximum absolute atomic E-state index is 12.1. The Bertz CT molecular complexity index is 262. The number of hydrogen-bond donors (Lipinski definition) is 4. The highest BCUT2D eigenvalue weighted by molar-refractivity contribution is 5.88. The Morgan fingerprint density at radius 3 is 1.69 bits per heavy atom. The molecule has 0 amide bonds. The van der Waals surface area contributed by atoms with Crippen LogP contribution in [0, 0.1) is 0 Å². The van der Waals surface area contributed by atoms with Gasteiger partial charge in [-0.3, -0.25) is 25.2 Å². The molecule has 4 unspecified atom stereocenters. The minimum atomic E-state index is -0.671. The monoisotopic (exact) mass is 230 g/mol. The summed E-state index contributed by atoms with van der Waals surface area (Å²) in [6.45, 7) is 0.852. The molecule has 4 N–H and O–H groups in total. The predicted molar refractivity (Wildman–Crippen MR) is 56.1 cm³/mol. The Kier molecular flexibility index (Phi) is 3.24. The van der Waals surface area contributed by atoms with Gasteiger partial charge in [0.05, 0.1) is 0 Å². The molecule has 2 fully saturated rings. The van der Waals surface area contributed by atoms with Crippen LogP contribution in [-0.4, -0.2) is 77.8 Å². The average Bonchev–Trinajstić information content (AvgIpc) is 2.68. The van der Waals surface area contributed by atoms with Gasteiger partial charge in [-0.05, 0) is 14.1 Å². The van der Waals surface area contributed by atoms with Crippen LogP contribution >= 0.6 is 0 Å². The van der Waals surface area contributed by atoms with Crippen molar-refractivity contribution in [1.29, 1.82) is 0 Å². The molecule has 2 saturated heterocycles. The van der Waals surface area contributed by atoms with Crippen LogP contribution in [0.15, 0.2) is 0 Å². The lowest BCUT2D eigenvalue weighted by Gasteiger charge is -2.24. The van der Waals surface area contributed by atoms with Crippen LogP contribution in [0.3, 0.4) is 0 Å². The van der Waals surface area contributed by atoms with Crippen molar-refractivity contribution in [2.75, 3.05) is 27.2 Å². The molecule has 0 aliphatic carbocycles. The third kappa shape index (κ3) is 2.10. The second-order valence-corrected chi connectivity index (χ2v) is 4.45. The molecule has 16 heavy (non-hydrogen) atoms. The highest BCUT2D eigenvalue weighted by Crippen LogP contribution is 2.12. The van der Waals surface area contributed by atoms with E-state index in [1.165, 1.54) is 0 Å². The first-order chi connectivity index (χ1) is 7.49. The minimum Gasteiger partial charge on any atom is -0.377 e. The Balaban J connectivity index is 2.02. The van der Waals surface area contributed by atoms with E-state index < -0.39 is 24.8 Å². The van der Waals surface area contributed by atoms with E-state index in [1.54, 1.807) is 23.9 Å². The Labute approximate surface area is 94.0 Å². The molecule has 0 spiro atoms. The van der Waals surface area contributed by atoms with Crippen molar-refractivity contribution >= 4 is 5.78 Å². The third-order valence-electron chi connectivity index (χ3n) is 3.04. The van der Waals surface area contributed by atoms with Gasteiger partial charge in [-0.2, -0.15) is 0 Å². The molecule has 92 valence electrons. The summed E-state index contributed by atoms with van der Waals surface area (Å²) < 4.78 is 0. The van der Waals surface area contributed by atoms with Crippen LogP contribution in [0.5, 0.6) is 0 Å². The first-order valence-corrected chi connectivity index (χ1v) is 5.31. The Morgan fingerprint density at radius 1 is 1.06 bits per heavy atom. The number of aliphatic hydroxyl groups is 2. The van der Waals surface area contributed by atoms with E-state index in [0.717, 1.165) is 0 Å². The van der Waals surface area contributed by atoms with Crippen LogP contribution < -0.4 is 10.6 Å². The van der Waals surface area contributed by atoms with E-state index in [9.17, 15) is 15.0 Å². The second kappa shape index (κ2) is 4.36. The summed E-state index contributed by atoms with van der Waals surface area (Å²) in [5.41, 5.74) is 0. The molecule has 2 rings (SSSR count). The van der Waals surface area contributed by atoms with E-state index in [2.05, 4.69) is 10.6 Å². The molecule has 0 bridgehead atoms. The maximum Gasteiger partial charge on any atom is 0.196 e. The van der Waals surface area contributed by atoms with Gasteiger partial charge >= 0.3 is 0 Å². The van der Waals surface area contributed by atoms with E-state index in [4.69, 9.17) is 0 Å². The van der Waals surface area contributed by atoms with Crippen LogP contribution in [0.4, 0.5) is 0 Å². The second-order valence-electron chi connectivity index (χ2n) is 4.45. The molecular formula is C9H18N4O3. The van der Waals surface area contributed by atoms with Gasteiger partial charge in [-0.25, -0.2) is 0 Å². The van der Waals surface area contributed by atoms with Crippen LogP contribution in [0.1, 0.15) is 0 Å². The van der Waals surface area contributed by atoms with Crippen molar-refractivity contribution < 1.29 is 15.0 Å². The standard InChI is InChI=1S/C9H18N4O3/c1-12-3-5(14)10-8(12)7(16)9-11-6(15)4-13(9)2/h5-6,8-11,14-15H,3-4H2,1-2H3. The lowest BCUT2D eigenvalue weighted by Crippen LogP contribution is -2.53. The van der Waals surface area contributed by atoms with Crippen molar-refractivity contribution in [3.63, 3.8) is 0 Å². The van der Waals surface area contributed by atoms with Crippen molar-refractivity contribution in [2.24, 2.45) is 0 Å². The van der Waals surface area contributed by atoms with E-state index in [0.29, 0.717) is 13.1 Å². The zero-order valence-corrected chi connectivity index (χ0v) is 9.42. The van der Waals surface area contributed by atoms with Crippen LogP contribution in [0.25, 0.3) is 0 Å². The fourth-order valence-electron chi connectivity index (χ4n) is 2.23. The number of β-amino-alcohol motifs (C(OH)–C–C–N with tert-alkyl or cyclic N) is 2. The zero-order chi connectivity index (χ0) is 11.9. The maximum atomic E-state index is 12.1. The van der Waals surface area contributed by atoms with Crippen molar-refractivity contribution in [3.8, 4) is 0 Å². The summed E-state index contributed by atoms with van der Waals surface area (Å²) in [6.07, 6.45) is -2.34. The third-order valence-corrected chi connectivity index (χ3v) is 3.04. The van der Waals surface area contributed by atoms with Gasteiger partial charge in [0.2, 0.25) is 0 Å². The first kappa shape index (κ1) is 11.9. The number of carbonyl (C=O) groups excluding carboxylic acids is 1. The molecular weight excluding hydrogens is 212 g/mol. The molecule has 0 aromatic carbocycles. The van der Waals surface area contributed by atoms with Gasteiger partial charge < -0.3 is 10.2 Å². The van der Waals surface area contributed by atoms with Gasteiger partial charge in [-0.1, -0.05) is 0 Å². The molecule has 0 aromatic heterocycles. The topological polar surface area (TPSA) is 88.1 Å². The molecule has 7 nitrogen and oxygen atoms in total. The molecule has 7 heteroatoms. The first-order valence-electron chi connectivity index (χ1n) is 5.31. The summed E-state index contributed by atoms with van der Waals surface area (Å²) >= 11 is 0. The highest BCUT2D eigenvalue weighted by atomic mass is 16.3. The van der Waals surface area contributed by atoms with E-state index >= 15 is 0 Å². The Hall–Kier alpha value is -0.570. The average molecular weight is 230 g/mol. The summed E-state index contributed by atoms with van der Waals surface area (Å²) in [4.78, 5) is 15.6. The van der Waals surface area contributed by atoms with Crippen LogP contribution in [-0.2, 0) is 4.79 Å². The van der Waals surface area contributed by atoms with Crippen molar-refractivity contribution in [2.45, 2.75) is 24.8 Å². The predicted octanol–water partition coefficient (Wildman–Crippen LogP) is -3.09. The number of ketones is 1. The van der Waals surface area contributed by atoms with Crippen molar-refractivity contribution in [1.82, 2.24) is 20.4 Å². The van der Waals surface area contributed by atoms with Gasteiger partial charge in [-0.15, -0.1) is 0 Å². The number of likely N-dealkylation sites (N-methyl/N-ethyl adjacent to an activating group) is 2. The number of rotatable bonds is 2. The fraction of sp³-hybridized carbons (Fsp3) is 0.889. The van der Waals surface area contributed by atoms with E-state index in [-0.39, 0.29) is 5.78 Å². The van der Waals surface area contributed by atoms with Gasteiger partial charge in [0, 0.05) is 13.1 Å². The van der Waals surface area contributed by atoms with Crippen LogP contribution in [0.2, 0.25) is 0 Å². The van der Waals surface area contributed by atoms with E-state index in [1.807, 2.05) is 0 Å². The summed E-state index contributed by atoms with van der Waals surface area (Å²) in [7, 11) is 3.55. The molecule has 0 saturated carbocycles. The summed E-state index contributed by atoms with van der Waals surface area (Å²) in [5, 5.41) is 24.4. The van der Waals surface area contributed by atoms with Crippen molar-refractivity contribution in [3.05, 3.63) is 0 Å².